The lowest BCUT2D eigenvalue weighted by molar-refractivity contribution is -0.136. The molecule has 3 N–H and O–H groups in total. The highest BCUT2D eigenvalue weighted by Gasteiger charge is 2.45. The van der Waals surface area contributed by atoms with Crippen molar-refractivity contribution in [2.24, 2.45) is 5.92 Å². The predicted molar refractivity (Wildman–Crippen MR) is 263 cm³/mol. The lowest BCUT2D eigenvalue weighted by Gasteiger charge is -2.40. The number of carbonyl (C=O) groups is 4. The van der Waals surface area contributed by atoms with Crippen LogP contribution in [0, 0.1) is 11.7 Å². The molecule has 17 nitrogen and oxygen atoms in total. The number of halogens is 1. The van der Waals surface area contributed by atoms with Crippen LogP contribution in [-0.4, -0.2) is 129 Å². The van der Waals surface area contributed by atoms with Gasteiger partial charge in [-0.25, -0.2) is 4.39 Å². The first-order valence-corrected chi connectivity index (χ1v) is 24.7. The number of nitrogens with one attached hydrogen (secondary N) is 3. The van der Waals surface area contributed by atoms with Gasteiger partial charge in [0.15, 0.2) is 5.65 Å². The van der Waals surface area contributed by atoms with E-state index in [0.717, 1.165) is 121 Å². The summed E-state index contributed by atoms with van der Waals surface area (Å²) in [5, 5.41) is 16.1. The van der Waals surface area contributed by atoms with Crippen LogP contribution in [0.4, 0.5) is 21.7 Å². The number of rotatable bonds is 12. The third-order valence-corrected chi connectivity index (χ3v) is 14.7. The lowest BCUT2D eigenvalue weighted by atomic mass is 9.95. The average molecular weight is 949 g/mol. The topological polar surface area (TPSA) is 183 Å². The average Bonchev–Trinajstić information content (AvgIpc) is 3.91. The number of carbonyl (C=O) groups excluding carboxylic acids is 4. The largest absolute Gasteiger partial charge is 0.459 e. The van der Waals surface area contributed by atoms with E-state index in [1.165, 1.54) is 11.8 Å². The van der Waals surface area contributed by atoms with Crippen LogP contribution in [0.15, 0.2) is 73.1 Å². The summed E-state index contributed by atoms with van der Waals surface area (Å²) in [5.74, 6) is -1.81. The minimum Gasteiger partial charge on any atom is -0.459 e. The number of imide groups is 2. The lowest BCUT2D eigenvalue weighted by Crippen LogP contribution is -2.54. The van der Waals surface area contributed by atoms with Crippen molar-refractivity contribution in [2.45, 2.75) is 77.0 Å². The Hall–Kier alpha value is -7.05. The first kappa shape index (κ1) is 45.4. The van der Waals surface area contributed by atoms with Crippen molar-refractivity contribution in [1.29, 1.82) is 0 Å². The SMILES string of the molecule is CC(C)c1cnn2c(NCc3ccccc3-c3nccc4cc(N5CCN(CC6CCN(c7cc8c(cc7F)C(=O)N(C7CCC(=O)NC7=O)C8=O)CC6)CC5)ccc34)nc(O[C@@H]3CCCNC3)nc12. The number of piperidine rings is 3. The summed E-state index contributed by atoms with van der Waals surface area (Å²) in [6.07, 6.45) is 7.58. The molecule has 4 fully saturated rings. The molecule has 4 saturated heterocycles. The summed E-state index contributed by atoms with van der Waals surface area (Å²) in [4.78, 5) is 73.2. The molecule has 5 aliphatic rings. The van der Waals surface area contributed by atoms with Crippen molar-refractivity contribution < 1.29 is 28.3 Å². The maximum Gasteiger partial charge on any atom is 0.322 e. The van der Waals surface area contributed by atoms with E-state index in [-0.39, 0.29) is 36.0 Å². The van der Waals surface area contributed by atoms with Crippen molar-refractivity contribution >= 4 is 57.4 Å². The zero-order chi connectivity index (χ0) is 48.0. The highest BCUT2D eigenvalue weighted by molar-refractivity contribution is 6.23. The number of pyridine rings is 1. The number of amides is 4. The summed E-state index contributed by atoms with van der Waals surface area (Å²) < 4.78 is 23.7. The molecule has 0 spiro atoms. The number of nitrogens with zero attached hydrogens (tertiary/aromatic N) is 9. The van der Waals surface area contributed by atoms with Gasteiger partial charge in [-0.15, -0.1) is 0 Å². The fourth-order valence-electron chi connectivity index (χ4n) is 10.8. The molecule has 0 radical (unpaired) electrons. The third-order valence-electron chi connectivity index (χ3n) is 14.7. The molecule has 6 aromatic rings. The van der Waals surface area contributed by atoms with E-state index in [0.29, 0.717) is 43.2 Å². The molecule has 4 amide bonds. The Balaban J connectivity index is 0.715. The maximum atomic E-state index is 15.6. The molecule has 0 bridgehead atoms. The summed E-state index contributed by atoms with van der Waals surface area (Å²) in [5.41, 5.74) is 6.30. The zero-order valence-corrected chi connectivity index (χ0v) is 39.5. The molecule has 0 aliphatic carbocycles. The number of anilines is 3. The standard InChI is InChI=1S/C52H57FN12O5/c1-31(2)41-29-57-65-47(41)59-52(70-36-7-5-16-54-28-36)60-51(65)56-27-34-6-3-4-8-37(34)46-38-10-9-35(24-33(38)13-17-55-46)62-22-20-61(21-23-62)30-32-14-18-63(19-15-32)44-26-40-39(25-42(44)53)49(68)64(50(40)69)43-11-12-45(66)58-48(43)67/h3-4,6,8-10,13,17,24-26,29,31-32,36,43,54H,5,7,11-12,14-16,18-23,27-28,30H2,1-2H3,(H,56,59,60)(H,58,66,67)/t36-,43?/m1/s1. The summed E-state index contributed by atoms with van der Waals surface area (Å²) >= 11 is 0. The second-order valence-corrected chi connectivity index (χ2v) is 19.5. The van der Waals surface area contributed by atoms with Crippen molar-refractivity contribution in [1.82, 2.24) is 45.0 Å². The van der Waals surface area contributed by atoms with Gasteiger partial charge in [0.2, 0.25) is 17.8 Å². The number of fused-ring (bicyclic) bond motifs is 3. The molecule has 70 heavy (non-hydrogen) atoms. The summed E-state index contributed by atoms with van der Waals surface area (Å²) in [6, 6.07) is 18.9. The van der Waals surface area contributed by atoms with Crippen molar-refractivity contribution in [2.75, 3.05) is 74.0 Å². The van der Waals surface area contributed by atoms with E-state index in [1.807, 2.05) is 23.4 Å². The van der Waals surface area contributed by atoms with Crippen LogP contribution in [0.3, 0.4) is 0 Å². The van der Waals surface area contributed by atoms with Gasteiger partial charge in [-0.1, -0.05) is 44.2 Å². The van der Waals surface area contributed by atoms with Gasteiger partial charge in [0.1, 0.15) is 18.0 Å². The second-order valence-electron chi connectivity index (χ2n) is 19.5. The molecule has 8 heterocycles. The van der Waals surface area contributed by atoms with Gasteiger partial charge in [-0.05, 0) is 91.8 Å². The maximum absolute atomic E-state index is 15.6. The molecule has 18 heteroatoms. The van der Waals surface area contributed by atoms with Gasteiger partial charge in [0.05, 0.1) is 28.7 Å². The number of ether oxygens (including phenoxy) is 1. The van der Waals surface area contributed by atoms with Gasteiger partial charge in [0, 0.05) is 93.7 Å². The molecule has 2 atom stereocenters. The predicted octanol–water partition coefficient (Wildman–Crippen LogP) is 5.78. The molecule has 11 rings (SSSR count). The van der Waals surface area contributed by atoms with Gasteiger partial charge in [0.25, 0.3) is 11.8 Å². The number of piperazine rings is 1. The first-order valence-electron chi connectivity index (χ1n) is 24.7. The molecule has 362 valence electrons. The molecular formula is C52H57FN12O5. The summed E-state index contributed by atoms with van der Waals surface area (Å²) in [6.45, 7) is 12.4. The highest BCUT2D eigenvalue weighted by Crippen LogP contribution is 2.36. The van der Waals surface area contributed by atoms with E-state index in [4.69, 9.17) is 19.7 Å². The Morgan fingerprint density at radius 1 is 0.857 bits per heavy atom. The Bertz CT molecular complexity index is 3010. The van der Waals surface area contributed by atoms with Crippen molar-refractivity contribution in [3.8, 4) is 17.3 Å². The Morgan fingerprint density at radius 3 is 2.43 bits per heavy atom. The van der Waals surface area contributed by atoms with E-state index in [9.17, 15) is 19.2 Å². The number of benzene rings is 3. The minimum absolute atomic E-state index is 0.0106. The number of aromatic nitrogens is 5. The fraction of sp³-hybridized carbons (Fsp3) is 0.423. The van der Waals surface area contributed by atoms with Crippen LogP contribution in [-0.2, 0) is 16.1 Å². The van der Waals surface area contributed by atoms with Crippen molar-refractivity contribution in [3.63, 3.8) is 0 Å². The van der Waals surface area contributed by atoms with E-state index in [1.54, 1.807) is 4.52 Å². The van der Waals surface area contributed by atoms with Crippen LogP contribution in [0.2, 0.25) is 0 Å². The Kier molecular flexibility index (Phi) is 12.3. The van der Waals surface area contributed by atoms with Crippen LogP contribution < -0.4 is 30.5 Å². The van der Waals surface area contributed by atoms with Crippen molar-refractivity contribution in [3.05, 3.63) is 101 Å². The smallest absolute Gasteiger partial charge is 0.322 e. The Labute approximate surface area is 404 Å². The zero-order valence-electron chi connectivity index (χ0n) is 39.5. The first-order chi connectivity index (χ1) is 34.1. The minimum atomic E-state index is -1.09. The highest BCUT2D eigenvalue weighted by atomic mass is 19.1. The molecule has 1 unspecified atom stereocenters. The Morgan fingerprint density at radius 2 is 1.66 bits per heavy atom. The third kappa shape index (κ3) is 8.78. The van der Waals surface area contributed by atoms with Crippen LogP contribution in [0.1, 0.15) is 90.1 Å². The molecule has 3 aromatic carbocycles. The quantitative estimate of drug-likeness (QED) is 0.126. The molecule has 5 aliphatic heterocycles. The monoisotopic (exact) mass is 948 g/mol. The molecule has 3 aromatic heterocycles. The fourth-order valence-corrected chi connectivity index (χ4v) is 10.8. The van der Waals surface area contributed by atoms with E-state index in [2.05, 4.69) is 87.2 Å². The van der Waals surface area contributed by atoms with Gasteiger partial charge in [-0.2, -0.15) is 19.6 Å². The van der Waals surface area contributed by atoms with Gasteiger partial charge < -0.3 is 25.2 Å². The van der Waals surface area contributed by atoms with Gasteiger partial charge in [-0.3, -0.25) is 39.3 Å². The van der Waals surface area contributed by atoms with Crippen LogP contribution >= 0.6 is 0 Å². The van der Waals surface area contributed by atoms with E-state index < -0.39 is 35.5 Å². The molecular weight excluding hydrogens is 892 g/mol. The normalized spacial score (nSPS) is 20.5. The van der Waals surface area contributed by atoms with E-state index >= 15 is 4.39 Å². The van der Waals surface area contributed by atoms with Crippen LogP contribution in [0.25, 0.3) is 27.7 Å². The molecule has 0 saturated carbocycles. The van der Waals surface area contributed by atoms with Gasteiger partial charge >= 0.3 is 6.01 Å². The second kappa shape index (κ2) is 19.0. The summed E-state index contributed by atoms with van der Waals surface area (Å²) in [7, 11) is 0. The van der Waals surface area contributed by atoms with Crippen LogP contribution in [0.5, 0.6) is 6.01 Å². The number of hydrogen-bond acceptors (Lipinski definition) is 14. The number of hydrogen-bond donors (Lipinski definition) is 3.